The normalized spacial score (nSPS) is 14.7. The SMILES string of the molecule is CC(Cl)CC(C)Nc1nc[nH]c(=O)c1Cl. The van der Waals surface area contributed by atoms with Crippen LogP contribution in [-0.2, 0) is 0 Å². The van der Waals surface area contributed by atoms with Crippen molar-refractivity contribution in [1.29, 1.82) is 0 Å². The zero-order chi connectivity index (χ0) is 11.4. The lowest BCUT2D eigenvalue weighted by Gasteiger charge is -2.15. The van der Waals surface area contributed by atoms with Gasteiger partial charge in [0, 0.05) is 11.4 Å². The van der Waals surface area contributed by atoms with Gasteiger partial charge < -0.3 is 10.3 Å². The summed E-state index contributed by atoms with van der Waals surface area (Å²) in [6.07, 6.45) is 2.08. The Bertz CT molecular complexity index is 378. The quantitative estimate of drug-likeness (QED) is 0.805. The molecule has 2 unspecified atom stereocenters. The first-order valence-electron chi connectivity index (χ1n) is 4.64. The lowest BCUT2D eigenvalue weighted by atomic mass is 10.2. The highest BCUT2D eigenvalue weighted by atomic mass is 35.5. The van der Waals surface area contributed by atoms with Crippen molar-refractivity contribution in [3.05, 3.63) is 21.7 Å². The minimum Gasteiger partial charge on any atom is -0.366 e. The smallest absolute Gasteiger partial charge is 0.271 e. The van der Waals surface area contributed by atoms with Crippen molar-refractivity contribution in [3.8, 4) is 0 Å². The van der Waals surface area contributed by atoms with Crippen molar-refractivity contribution in [2.75, 3.05) is 5.32 Å². The average molecular weight is 250 g/mol. The van der Waals surface area contributed by atoms with Gasteiger partial charge in [0.25, 0.3) is 5.56 Å². The van der Waals surface area contributed by atoms with E-state index >= 15 is 0 Å². The van der Waals surface area contributed by atoms with Gasteiger partial charge in [0.05, 0.1) is 6.33 Å². The number of rotatable bonds is 4. The van der Waals surface area contributed by atoms with Crippen LogP contribution in [0.25, 0.3) is 0 Å². The predicted molar refractivity (Wildman–Crippen MR) is 62.9 cm³/mol. The fourth-order valence-electron chi connectivity index (χ4n) is 1.26. The van der Waals surface area contributed by atoms with Gasteiger partial charge in [0.15, 0.2) is 5.82 Å². The van der Waals surface area contributed by atoms with Crippen molar-refractivity contribution in [3.63, 3.8) is 0 Å². The highest BCUT2D eigenvalue weighted by Crippen LogP contribution is 2.15. The van der Waals surface area contributed by atoms with Crippen LogP contribution >= 0.6 is 23.2 Å². The van der Waals surface area contributed by atoms with E-state index in [-0.39, 0.29) is 22.0 Å². The molecule has 1 aromatic rings. The van der Waals surface area contributed by atoms with Crippen LogP contribution in [0.4, 0.5) is 5.82 Å². The molecule has 0 saturated heterocycles. The number of anilines is 1. The monoisotopic (exact) mass is 249 g/mol. The first-order valence-corrected chi connectivity index (χ1v) is 5.46. The van der Waals surface area contributed by atoms with Gasteiger partial charge in [-0.25, -0.2) is 4.98 Å². The third-order valence-electron chi connectivity index (χ3n) is 1.86. The number of hydrogen-bond acceptors (Lipinski definition) is 3. The van der Waals surface area contributed by atoms with Crippen LogP contribution < -0.4 is 10.9 Å². The summed E-state index contributed by atoms with van der Waals surface area (Å²) >= 11 is 11.6. The molecule has 4 nitrogen and oxygen atoms in total. The molecule has 2 N–H and O–H groups in total. The maximum absolute atomic E-state index is 11.1. The standard InChI is InChI=1S/C9H13Cl2N3O/c1-5(10)3-6(2)14-8-7(11)9(15)13-4-12-8/h4-6H,3H2,1-2H3,(H2,12,13,14,15). The number of nitrogens with zero attached hydrogens (tertiary/aromatic N) is 1. The Kier molecular flexibility index (Phi) is 4.42. The molecular weight excluding hydrogens is 237 g/mol. The maximum atomic E-state index is 11.1. The molecule has 84 valence electrons. The number of alkyl halides is 1. The second-order valence-electron chi connectivity index (χ2n) is 3.46. The van der Waals surface area contributed by atoms with E-state index in [1.807, 2.05) is 13.8 Å². The first-order chi connectivity index (χ1) is 7.00. The van der Waals surface area contributed by atoms with E-state index in [9.17, 15) is 4.79 Å². The molecule has 0 aliphatic rings. The molecule has 6 heteroatoms. The van der Waals surface area contributed by atoms with Gasteiger partial charge in [-0.05, 0) is 20.3 Å². The summed E-state index contributed by atoms with van der Waals surface area (Å²) in [6.45, 7) is 3.87. The van der Waals surface area contributed by atoms with E-state index in [0.717, 1.165) is 6.42 Å². The van der Waals surface area contributed by atoms with Gasteiger partial charge >= 0.3 is 0 Å². The van der Waals surface area contributed by atoms with Gasteiger partial charge in [-0.1, -0.05) is 11.6 Å². The summed E-state index contributed by atoms with van der Waals surface area (Å²) in [5.41, 5.74) is -0.347. The fourth-order valence-corrected chi connectivity index (χ4v) is 1.69. The summed E-state index contributed by atoms with van der Waals surface area (Å²) in [6, 6.07) is 0.115. The summed E-state index contributed by atoms with van der Waals surface area (Å²) in [5.74, 6) is 0.394. The van der Waals surface area contributed by atoms with E-state index in [0.29, 0.717) is 5.82 Å². The molecule has 0 aromatic carbocycles. The molecule has 0 spiro atoms. The molecule has 0 aliphatic heterocycles. The third-order valence-corrected chi connectivity index (χ3v) is 2.39. The maximum Gasteiger partial charge on any atom is 0.271 e. The molecule has 0 amide bonds. The van der Waals surface area contributed by atoms with Gasteiger partial charge in [-0.2, -0.15) is 0 Å². The van der Waals surface area contributed by atoms with E-state index in [4.69, 9.17) is 23.2 Å². The molecule has 0 radical (unpaired) electrons. The van der Waals surface area contributed by atoms with E-state index in [1.165, 1.54) is 6.33 Å². The molecule has 0 saturated carbocycles. The molecule has 0 bridgehead atoms. The molecule has 1 heterocycles. The van der Waals surface area contributed by atoms with E-state index in [1.54, 1.807) is 0 Å². The largest absolute Gasteiger partial charge is 0.366 e. The minimum absolute atomic E-state index is 0.0632. The van der Waals surface area contributed by atoms with Crippen LogP contribution in [0.2, 0.25) is 5.02 Å². The van der Waals surface area contributed by atoms with Gasteiger partial charge in [0.1, 0.15) is 5.02 Å². The number of aromatic amines is 1. The van der Waals surface area contributed by atoms with Crippen molar-refractivity contribution < 1.29 is 0 Å². The summed E-state index contributed by atoms with van der Waals surface area (Å²) < 4.78 is 0. The Morgan fingerprint density at radius 1 is 1.60 bits per heavy atom. The Morgan fingerprint density at radius 2 is 2.27 bits per heavy atom. The van der Waals surface area contributed by atoms with Gasteiger partial charge in [-0.3, -0.25) is 4.79 Å². The number of H-pyrrole nitrogens is 1. The van der Waals surface area contributed by atoms with Crippen LogP contribution in [0.1, 0.15) is 20.3 Å². The zero-order valence-corrected chi connectivity index (χ0v) is 10.1. The van der Waals surface area contributed by atoms with Gasteiger partial charge in [0.2, 0.25) is 0 Å². The van der Waals surface area contributed by atoms with Crippen LogP contribution in [-0.4, -0.2) is 21.4 Å². The fraction of sp³-hybridized carbons (Fsp3) is 0.556. The molecule has 0 fully saturated rings. The lowest BCUT2D eigenvalue weighted by Crippen LogP contribution is -2.21. The zero-order valence-electron chi connectivity index (χ0n) is 8.55. The molecule has 1 aromatic heterocycles. The summed E-state index contributed by atoms with van der Waals surface area (Å²) in [5, 5.41) is 3.17. The number of hydrogen-bond donors (Lipinski definition) is 2. The van der Waals surface area contributed by atoms with Crippen LogP contribution in [0.3, 0.4) is 0 Å². The van der Waals surface area contributed by atoms with Crippen molar-refractivity contribution >= 4 is 29.0 Å². The Labute approximate surface area is 98.0 Å². The topological polar surface area (TPSA) is 57.8 Å². The predicted octanol–water partition coefficient (Wildman–Crippen LogP) is 2.24. The third kappa shape index (κ3) is 3.72. The van der Waals surface area contributed by atoms with Crippen molar-refractivity contribution in [2.24, 2.45) is 0 Å². The minimum atomic E-state index is -0.347. The first kappa shape index (κ1) is 12.3. The highest BCUT2D eigenvalue weighted by Gasteiger charge is 2.10. The Hall–Kier alpha value is -0.740. The lowest BCUT2D eigenvalue weighted by molar-refractivity contribution is 0.693. The van der Waals surface area contributed by atoms with Gasteiger partial charge in [-0.15, -0.1) is 11.6 Å². The van der Waals surface area contributed by atoms with Crippen molar-refractivity contribution in [2.45, 2.75) is 31.7 Å². The second kappa shape index (κ2) is 5.37. The summed E-state index contributed by atoms with van der Waals surface area (Å²) in [7, 11) is 0. The second-order valence-corrected chi connectivity index (χ2v) is 4.58. The summed E-state index contributed by atoms with van der Waals surface area (Å²) in [4.78, 5) is 17.5. The average Bonchev–Trinajstić information content (AvgIpc) is 2.11. The van der Waals surface area contributed by atoms with E-state index < -0.39 is 0 Å². The molecule has 1 rings (SSSR count). The van der Waals surface area contributed by atoms with Crippen LogP contribution in [0.5, 0.6) is 0 Å². The Morgan fingerprint density at radius 3 is 2.87 bits per heavy atom. The number of halogens is 2. The molecule has 0 aliphatic carbocycles. The number of nitrogens with one attached hydrogen (secondary N) is 2. The highest BCUT2D eigenvalue weighted by molar-refractivity contribution is 6.32. The van der Waals surface area contributed by atoms with Crippen LogP contribution in [0, 0.1) is 0 Å². The Balaban J connectivity index is 2.72. The van der Waals surface area contributed by atoms with Crippen molar-refractivity contribution in [1.82, 2.24) is 9.97 Å². The number of aromatic nitrogens is 2. The molecule has 2 atom stereocenters. The van der Waals surface area contributed by atoms with Crippen LogP contribution in [0.15, 0.2) is 11.1 Å². The van der Waals surface area contributed by atoms with E-state index in [2.05, 4.69) is 15.3 Å². The molecular formula is C9H13Cl2N3O. The molecule has 15 heavy (non-hydrogen) atoms.